The molecule has 1 aliphatic carbocycles. The molecule has 0 spiro atoms. The van der Waals surface area contributed by atoms with Crippen molar-refractivity contribution in [2.75, 3.05) is 19.6 Å². The molecular weight excluding hydrogens is 292 g/mol. The third-order valence-corrected chi connectivity index (χ3v) is 5.04. The molecule has 0 radical (unpaired) electrons. The van der Waals surface area contributed by atoms with Crippen molar-refractivity contribution in [1.29, 1.82) is 0 Å². The van der Waals surface area contributed by atoms with Crippen molar-refractivity contribution in [3.05, 3.63) is 21.9 Å². The van der Waals surface area contributed by atoms with Gasteiger partial charge in [0, 0.05) is 36.6 Å². The number of aliphatic imine (C=N–C) groups is 1. The summed E-state index contributed by atoms with van der Waals surface area (Å²) in [5, 5.41) is 8.95. The Bertz CT molecular complexity index is 475. The van der Waals surface area contributed by atoms with Gasteiger partial charge in [0.05, 0.1) is 6.54 Å². The molecule has 5 heteroatoms. The molecule has 0 unspecified atom stereocenters. The van der Waals surface area contributed by atoms with Crippen LogP contribution >= 0.6 is 11.3 Å². The van der Waals surface area contributed by atoms with Crippen molar-refractivity contribution in [2.45, 2.75) is 59.2 Å². The van der Waals surface area contributed by atoms with E-state index in [1.54, 1.807) is 11.3 Å². The largest absolute Gasteiger partial charge is 0.357 e. The molecule has 22 heavy (non-hydrogen) atoms. The molecule has 2 rings (SSSR count). The first-order valence-electron chi connectivity index (χ1n) is 8.42. The molecular formula is C17H30N4S. The second-order valence-corrected chi connectivity index (χ2v) is 7.21. The van der Waals surface area contributed by atoms with E-state index in [9.17, 15) is 0 Å². The number of nitrogens with one attached hydrogen (secondary N) is 2. The van der Waals surface area contributed by atoms with Gasteiger partial charge in [-0.25, -0.2) is 4.99 Å². The number of aryl methyl sites for hydroxylation is 1. The molecule has 1 heterocycles. The van der Waals surface area contributed by atoms with Crippen LogP contribution in [-0.4, -0.2) is 42.6 Å². The predicted molar refractivity (Wildman–Crippen MR) is 96.7 cm³/mol. The second-order valence-electron chi connectivity index (χ2n) is 6.21. The minimum absolute atomic E-state index is 0.627. The van der Waals surface area contributed by atoms with Gasteiger partial charge in [0.1, 0.15) is 0 Å². The lowest BCUT2D eigenvalue weighted by atomic mass is 10.3. The van der Waals surface area contributed by atoms with E-state index in [1.807, 2.05) is 0 Å². The summed E-state index contributed by atoms with van der Waals surface area (Å²) >= 11 is 1.78. The zero-order valence-corrected chi connectivity index (χ0v) is 15.2. The highest BCUT2D eigenvalue weighted by Gasteiger charge is 2.30. The van der Waals surface area contributed by atoms with Crippen molar-refractivity contribution < 1.29 is 0 Å². The average molecular weight is 323 g/mol. The number of hydrogen-bond donors (Lipinski definition) is 2. The smallest absolute Gasteiger partial charge is 0.191 e. The van der Waals surface area contributed by atoms with Crippen molar-refractivity contribution >= 4 is 17.3 Å². The predicted octanol–water partition coefficient (Wildman–Crippen LogP) is 2.98. The van der Waals surface area contributed by atoms with Gasteiger partial charge in [-0.1, -0.05) is 0 Å². The minimum atomic E-state index is 0.627. The molecule has 0 aliphatic heterocycles. The van der Waals surface area contributed by atoms with Crippen LogP contribution in [0.3, 0.4) is 0 Å². The van der Waals surface area contributed by atoms with Crippen LogP contribution in [0.5, 0.6) is 0 Å². The summed E-state index contributed by atoms with van der Waals surface area (Å²) in [7, 11) is 0. The lowest BCUT2D eigenvalue weighted by molar-refractivity contribution is 0.215. The standard InChI is InChI=1S/C17H30N4S/c1-5-18-17(20-12-16-14(4)8-11-22-16)19-9-10-21(13(2)3)15-6-7-15/h8,11,13,15H,5-7,9-10,12H2,1-4H3,(H2,18,19,20). The Balaban J connectivity index is 1.81. The minimum Gasteiger partial charge on any atom is -0.357 e. The third kappa shape index (κ3) is 5.29. The Hall–Kier alpha value is -1.07. The highest BCUT2D eigenvalue weighted by Crippen LogP contribution is 2.27. The number of nitrogens with zero attached hydrogens (tertiary/aromatic N) is 2. The third-order valence-electron chi connectivity index (χ3n) is 4.03. The van der Waals surface area contributed by atoms with Crippen molar-refractivity contribution in [3.63, 3.8) is 0 Å². The van der Waals surface area contributed by atoms with Gasteiger partial charge in [0.15, 0.2) is 5.96 Å². The number of guanidine groups is 1. The van der Waals surface area contributed by atoms with Crippen molar-refractivity contribution in [3.8, 4) is 0 Å². The van der Waals surface area contributed by atoms with Crippen molar-refractivity contribution in [2.24, 2.45) is 4.99 Å². The van der Waals surface area contributed by atoms with Gasteiger partial charge < -0.3 is 10.6 Å². The first kappa shape index (κ1) is 17.3. The maximum Gasteiger partial charge on any atom is 0.191 e. The van der Waals surface area contributed by atoms with Gasteiger partial charge in [-0.2, -0.15) is 0 Å². The maximum absolute atomic E-state index is 4.71. The average Bonchev–Trinajstić information content (AvgIpc) is 3.23. The van der Waals surface area contributed by atoms with E-state index in [-0.39, 0.29) is 0 Å². The number of thiophene rings is 1. The van der Waals surface area contributed by atoms with Crippen LogP contribution in [0, 0.1) is 6.92 Å². The van der Waals surface area contributed by atoms with Crippen LogP contribution in [0.1, 0.15) is 44.1 Å². The zero-order valence-electron chi connectivity index (χ0n) is 14.4. The monoisotopic (exact) mass is 322 g/mol. The van der Waals surface area contributed by atoms with E-state index in [0.29, 0.717) is 6.04 Å². The fourth-order valence-electron chi connectivity index (χ4n) is 2.63. The summed E-state index contributed by atoms with van der Waals surface area (Å²) < 4.78 is 0. The number of hydrogen-bond acceptors (Lipinski definition) is 3. The lowest BCUT2D eigenvalue weighted by Gasteiger charge is -2.26. The molecule has 4 nitrogen and oxygen atoms in total. The molecule has 1 aliphatic rings. The molecule has 0 aromatic carbocycles. The molecule has 124 valence electrons. The summed E-state index contributed by atoms with van der Waals surface area (Å²) in [4.78, 5) is 8.65. The van der Waals surface area contributed by atoms with Crippen LogP contribution in [0.15, 0.2) is 16.4 Å². The second kappa shape index (κ2) is 8.53. The molecule has 0 saturated heterocycles. The van der Waals surface area contributed by atoms with E-state index in [1.165, 1.54) is 23.3 Å². The van der Waals surface area contributed by atoms with Gasteiger partial charge in [-0.05, 0) is 57.5 Å². The van der Waals surface area contributed by atoms with E-state index in [0.717, 1.165) is 38.2 Å². The Morgan fingerprint density at radius 1 is 1.41 bits per heavy atom. The molecule has 0 atom stereocenters. The highest BCUT2D eigenvalue weighted by molar-refractivity contribution is 7.10. The fourth-order valence-corrected chi connectivity index (χ4v) is 3.46. The Morgan fingerprint density at radius 3 is 2.73 bits per heavy atom. The summed E-state index contributed by atoms with van der Waals surface area (Å²) in [5.41, 5.74) is 1.34. The summed E-state index contributed by atoms with van der Waals surface area (Å²) in [6.45, 7) is 12.5. The normalized spacial score (nSPS) is 15.6. The van der Waals surface area contributed by atoms with Crippen LogP contribution in [0.25, 0.3) is 0 Å². The fraction of sp³-hybridized carbons (Fsp3) is 0.706. The van der Waals surface area contributed by atoms with Crippen LogP contribution in [-0.2, 0) is 6.54 Å². The first-order valence-corrected chi connectivity index (χ1v) is 9.30. The molecule has 1 fully saturated rings. The Labute approximate surface area is 139 Å². The highest BCUT2D eigenvalue weighted by atomic mass is 32.1. The molecule has 1 aromatic rings. The van der Waals surface area contributed by atoms with Gasteiger partial charge in [-0.15, -0.1) is 11.3 Å². The van der Waals surface area contributed by atoms with E-state index in [4.69, 9.17) is 4.99 Å². The van der Waals surface area contributed by atoms with E-state index >= 15 is 0 Å². The Morgan fingerprint density at radius 2 is 2.18 bits per heavy atom. The lowest BCUT2D eigenvalue weighted by Crippen LogP contribution is -2.43. The van der Waals surface area contributed by atoms with E-state index in [2.05, 4.69) is 54.7 Å². The molecule has 0 bridgehead atoms. The van der Waals surface area contributed by atoms with Gasteiger partial charge in [0.25, 0.3) is 0 Å². The van der Waals surface area contributed by atoms with Crippen LogP contribution < -0.4 is 10.6 Å². The van der Waals surface area contributed by atoms with Gasteiger partial charge in [-0.3, -0.25) is 4.90 Å². The summed E-state index contributed by atoms with van der Waals surface area (Å²) in [6, 6.07) is 3.60. The summed E-state index contributed by atoms with van der Waals surface area (Å²) in [5.74, 6) is 0.926. The molecule has 1 saturated carbocycles. The van der Waals surface area contributed by atoms with E-state index < -0.39 is 0 Å². The van der Waals surface area contributed by atoms with Gasteiger partial charge >= 0.3 is 0 Å². The van der Waals surface area contributed by atoms with Crippen molar-refractivity contribution in [1.82, 2.24) is 15.5 Å². The SMILES string of the molecule is CCNC(=NCc1sccc1C)NCCN(C(C)C)C1CC1. The summed E-state index contributed by atoms with van der Waals surface area (Å²) in [6.07, 6.45) is 2.73. The molecule has 0 amide bonds. The first-order chi connectivity index (χ1) is 10.6. The number of rotatable bonds is 8. The van der Waals surface area contributed by atoms with Crippen LogP contribution in [0.2, 0.25) is 0 Å². The topological polar surface area (TPSA) is 39.7 Å². The Kier molecular flexibility index (Phi) is 6.70. The zero-order chi connectivity index (χ0) is 15.9. The van der Waals surface area contributed by atoms with Gasteiger partial charge in [0.2, 0.25) is 0 Å². The quantitative estimate of drug-likeness (QED) is 0.571. The van der Waals surface area contributed by atoms with Crippen LogP contribution in [0.4, 0.5) is 0 Å². The molecule has 1 aromatic heterocycles. The molecule has 2 N–H and O–H groups in total. The maximum atomic E-state index is 4.71.